The van der Waals surface area contributed by atoms with Crippen LogP contribution < -0.4 is 5.32 Å². The van der Waals surface area contributed by atoms with Gasteiger partial charge in [0.2, 0.25) is 0 Å². The van der Waals surface area contributed by atoms with E-state index in [0.29, 0.717) is 12.3 Å². The summed E-state index contributed by atoms with van der Waals surface area (Å²) >= 11 is 0. The van der Waals surface area contributed by atoms with Gasteiger partial charge in [-0.1, -0.05) is 12.8 Å². The lowest BCUT2D eigenvalue weighted by Crippen LogP contribution is -2.41. The molecular formula is C12H21NO2. The summed E-state index contributed by atoms with van der Waals surface area (Å²) in [5.74, 6) is 0.608. The van der Waals surface area contributed by atoms with Crippen molar-refractivity contribution in [3.8, 4) is 0 Å². The van der Waals surface area contributed by atoms with Crippen LogP contribution in [-0.4, -0.2) is 31.6 Å². The first-order valence-corrected chi connectivity index (χ1v) is 6.07. The Hall–Kier alpha value is -0.410. The first-order chi connectivity index (χ1) is 7.26. The Morgan fingerprint density at radius 3 is 2.87 bits per heavy atom. The van der Waals surface area contributed by atoms with E-state index in [-0.39, 0.29) is 11.5 Å². The van der Waals surface area contributed by atoms with Crippen molar-refractivity contribution < 1.29 is 9.53 Å². The smallest absolute Gasteiger partial charge is 0.149 e. The SMILES string of the molecule is CNCC(=O)C1CCOC2(CCCC2)C1. The van der Waals surface area contributed by atoms with Crippen molar-refractivity contribution in [2.75, 3.05) is 20.2 Å². The number of carbonyl (C=O) groups is 1. The summed E-state index contributed by atoms with van der Waals surface area (Å²) in [5, 5.41) is 2.95. The summed E-state index contributed by atoms with van der Waals surface area (Å²) in [5.41, 5.74) is 0.0757. The molecule has 3 heteroatoms. The Kier molecular flexibility index (Phi) is 3.42. The van der Waals surface area contributed by atoms with Crippen molar-refractivity contribution in [1.29, 1.82) is 0 Å². The first-order valence-electron chi connectivity index (χ1n) is 6.07. The second-order valence-electron chi connectivity index (χ2n) is 4.92. The predicted octanol–water partition coefficient (Wildman–Crippen LogP) is 1.51. The Morgan fingerprint density at radius 1 is 1.47 bits per heavy atom. The summed E-state index contributed by atoms with van der Waals surface area (Å²) in [6.45, 7) is 1.29. The van der Waals surface area contributed by atoms with Crippen molar-refractivity contribution in [3.05, 3.63) is 0 Å². The standard InChI is InChI=1S/C12H21NO2/c1-13-9-11(14)10-4-7-15-12(8-10)5-2-3-6-12/h10,13H,2-9H2,1H3. The molecule has 1 spiro atoms. The fourth-order valence-corrected chi connectivity index (χ4v) is 2.99. The summed E-state index contributed by atoms with van der Waals surface area (Å²) < 4.78 is 5.91. The molecule has 0 aromatic carbocycles. The predicted molar refractivity (Wildman–Crippen MR) is 58.8 cm³/mol. The number of rotatable bonds is 3. The van der Waals surface area contributed by atoms with Crippen LogP contribution in [0, 0.1) is 5.92 Å². The molecule has 1 heterocycles. The molecule has 1 aliphatic carbocycles. The number of nitrogens with one attached hydrogen (secondary N) is 1. The van der Waals surface area contributed by atoms with E-state index in [9.17, 15) is 4.79 Å². The van der Waals surface area contributed by atoms with Crippen LogP contribution >= 0.6 is 0 Å². The number of hydrogen-bond donors (Lipinski definition) is 1. The van der Waals surface area contributed by atoms with Crippen molar-refractivity contribution in [3.63, 3.8) is 0 Å². The average molecular weight is 211 g/mol. The molecule has 2 rings (SSSR count). The average Bonchev–Trinajstić information content (AvgIpc) is 2.67. The van der Waals surface area contributed by atoms with Crippen LogP contribution in [0.15, 0.2) is 0 Å². The van der Waals surface area contributed by atoms with Crippen LogP contribution in [-0.2, 0) is 9.53 Å². The van der Waals surface area contributed by atoms with E-state index in [2.05, 4.69) is 5.32 Å². The Balaban J connectivity index is 1.94. The van der Waals surface area contributed by atoms with Crippen molar-refractivity contribution in [1.82, 2.24) is 5.32 Å². The maximum atomic E-state index is 11.8. The lowest BCUT2D eigenvalue weighted by molar-refractivity contribution is -0.135. The van der Waals surface area contributed by atoms with Gasteiger partial charge in [-0.15, -0.1) is 0 Å². The van der Waals surface area contributed by atoms with Crippen LogP contribution in [0.1, 0.15) is 38.5 Å². The zero-order chi connectivity index (χ0) is 10.7. The van der Waals surface area contributed by atoms with Crippen molar-refractivity contribution in [2.45, 2.75) is 44.1 Å². The van der Waals surface area contributed by atoms with E-state index in [1.54, 1.807) is 0 Å². The third-order valence-electron chi connectivity index (χ3n) is 3.81. The Labute approximate surface area is 91.6 Å². The number of Topliss-reactive ketones (excluding diaryl/α,β-unsaturated/α-hetero) is 1. The highest BCUT2D eigenvalue weighted by atomic mass is 16.5. The fourth-order valence-electron chi connectivity index (χ4n) is 2.99. The Bertz CT molecular complexity index is 234. The van der Waals surface area contributed by atoms with Gasteiger partial charge >= 0.3 is 0 Å². The highest BCUT2D eigenvalue weighted by Gasteiger charge is 2.41. The number of hydrogen-bond acceptors (Lipinski definition) is 3. The van der Waals surface area contributed by atoms with Crippen LogP contribution in [0.4, 0.5) is 0 Å². The third kappa shape index (κ3) is 2.40. The van der Waals surface area contributed by atoms with Crippen LogP contribution in [0.5, 0.6) is 0 Å². The molecule has 1 unspecified atom stereocenters. The summed E-state index contributed by atoms with van der Waals surface area (Å²) in [6.07, 6.45) is 6.75. The Morgan fingerprint density at radius 2 is 2.20 bits per heavy atom. The van der Waals surface area contributed by atoms with Gasteiger partial charge in [-0.25, -0.2) is 0 Å². The summed E-state index contributed by atoms with van der Waals surface area (Å²) in [4.78, 5) is 11.8. The minimum absolute atomic E-state index is 0.0757. The molecule has 2 aliphatic rings. The highest BCUT2D eigenvalue weighted by Crippen LogP contribution is 2.42. The van der Waals surface area contributed by atoms with Crippen LogP contribution in [0.3, 0.4) is 0 Å². The molecule has 1 aliphatic heterocycles. The van der Waals surface area contributed by atoms with E-state index in [1.165, 1.54) is 12.8 Å². The second-order valence-corrected chi connectivity index (χ2v) is 4.92. The topological polar surface area (TPSA) is 38.3 Å². The van der Waals surface area contributed by atoms with Crippen LogP contribution in [0.25, 0.3) is 0 Å². The number of carbonyl (C=O) groups excluding carboxylic acids is 1. The van der Waals surface area contributed by atoms with E-state index in [4.69, 9.17) is 4.74 Å². The van der Waals surface area contributed by atoms with Gasteiger partial charge in [0.05, 0.1) is 12.1 Å². The largest absolute Gasteiger partial charge is 0.375 e. The van der Waals surface area contributed by atoms with Gasteiger partial charge in [-0.2, -0.15) is 0 Å². The molecule has 0 aromatic rings. The second kappa shape index (κ2) is 4.62. The lowest BCUT2D eigenvalue weighted by atomic mass is 9.82. The van der Waals surface area contributed by atoms with Crippen molar-refractivity contribution >= 4 is 5.78 Å². The maximum absolute atomic E-state index is 11.8. The minimum Gasteiger partial charge on any atom is -0.375 e. The summed E-state index contributed by atoms with van der Waals surface area (Å²) in [6, 6.07) is 0. The molecule has 0 amide bonds. The third-order valence-corrected chi connectivity index (χ3v) is 3.81. The number of likely N-dealkylation sites (N-methyl/N-ethyl adjacent to an activating group) is 1. The van der Waals surface area contributed by atoms with Crippen molar-refractivity contribution in [2.24, 2.45) is 5.92 Å². The van der Waals surface area contributed by atoms with Gasteiger partial charge in [-0.3, -0.25) is 4.79 Å². The van der Waals surface area contributed by atoms with E-state index >= 15 is 0 Å². The lowest BCUT2D eigenvalue weighted by Gasteiger charge is -2.37. The van der Waals surface area contributed by atoms with Gasteiger partial charge in [0.15, 0.2) is 0 Å². The monoisotopic (exact) mass is 211 g/mol. The minimum atomic E-state index is 0.0757. The first kappa shape index (κ1) is 11.1. The fraction of sp³-hybridized carbons (Fsp3) is 0.917. The number of ether oxygens (including phenoxy) is 1. The zero-order valence-electron chi connectivity index (χ0n) is 9.55. The van der Waals surface area contributed by atoms with Crippen LogP contribution in [0.2, 0.25) is 0 Å². The molecule has 1 saturated carbocycles. The number of ketones is 1. The normalized spacial score (nSPS) is 29.5. The van der Waals surface area contributed by atoms with E-state index < -0.39 is 0 Å². The van der Waals surface area contributed by atoms with Gasteiger partial charge in [0.1, 0.15) is 5.78 Å². The molecule has 0 bridgehead atoms. The van der Waals surface area contributed by atoms with Gasteiger partial charge < -0.3 is 10.1 Å². The molecule has 86 valence electrons. The quantitative estimate of drug-likeness (QED) is 0.769. The zero-order valence-corrected chi connectivity index (χ0v) is 9.55. The molecule has 3 nitrogen and oxygen atoms in total. The molecule has 0 radical (unpaired) electrons. The molecule has 1 N–H and O–H groups in total. The summed E-state index contributed by atoms with van der Waals surface area (Å²) in [7, 11) is 1.84. The molecule has 2 fully saturated rings. The molecular weight excluding hydrogens is 190 g/mol. The van der Waals surface area contributed by atoms with E-state index in [0.717, 1.165) is 32.3 Å². The molecule has 1 saturated heterocycles. The highest BCUT2D eigenvalue weighted by molar-refractivity contribution is 5.83. The molecule has 15 heavy (non-hydrogen) atoms. The van der Waals surface area contributed by atoms with Gasteiger partial charge in [0, 0.05) is 12.5 Å². The molecule has 1 atom stereocenters. The van der Waals surface area contributed by atoms with Gasteiger partial charge in [-0.05, 0) is 32.7 Å². The van der Waals surface area contributed by atoms with Gasteiger partial charge in [0.25, 0.3) is 0 Å². The molecule has 0 aromatic heterocycles. The maximum Gasteiger partial charge on any atom is 0.149 e. The van der Waals surface area contributed by atoms with E-state index in [1.807, 2.05) is 7.05 Å².